The minimum atomic E-state index is -5.38. The van der Waals surface area contributed by atoms with Crippen molar-refractivity contribution in [1.29, 1.82) is 0 Å². The van der Waals surface area contributed by atoms with Crippen molar-refractivity contribution in [2.24, 2.45) is 0 Å². The third-order valence-corrected chi connectivity index (χ3v) is 2.27. The first-order valence-electron chi connectivity index (χ1n) is 4.31. The molecule has 0 aromatic heterocycles. The Morgan fingerprint density at radius 2 is 1.44 bits per heavy atom. The third kappa shape index (κ3) is 2.50. The van der Waals surface area contributed by atoms with Gasteiger partial charge in [0, 0.05) is 0 Å². The van der Waals surface area contributed by atoms with Gasteiger partial charge in [0.1, 0.15) is 0 Å². The molecule has 0 aromatic rings. The van der Waals surface area contributed by atoms with E-state index < -0.39 is 43.9 Å². The fraction of sp³-hybridized carbons (Fsp3) is 0.714. The highest BCUT2D eigenvalue weighted by Gasteiger charge is 2.62. The van der Waals surface area contributed by atoms with Crippen molar-refractivity contribution >= 4 is 6.98 Å². The van der Waals surface area contributed by atoms with E-state index in [1.54, 1.807) is 0 Å². The summed E-state index contributed by atoms with van der Waals surface area (Å²) in [5.74, 6) is -8.57. The molecule has 1 nitrogen and oxygen atoms in total. The predicted octanol–water partition coefficient (Wildman–Crippen LogP) is 2.52. The summed E-state index contributed by atoms with van der Waals surface area (Å²) >= 11 is 0. The van der Waals surface area contributed by atoms with E-state index >= 15 is 0 Å². The van der Waals surface area contributed by atoms with Crippen LogP contribution in [-0.4, -0.2) is 43.4 Å². The first-order chi connectivity index (χ1) is 6.96. The van der Waals surface area contributed by atoms with Crippen molar-refractivity contribution in [2.75, 3.05) is 19.6 Å². The predicted molar refractivity (Wildman–Crippen MR) is 44.6 cm³/mol. The minimum Gasteiger partial charge on any atom is -0.445 e. The van der Waals surface area contributed by atoms with E-state index in [4.69, 9.17) is 0 Å². The summed E-state index contributed by atoms with van der Waals surface area (Å²) in [5, 5.41) is 0. The SMILES string of the molecule is C=C(CN1CC(F)(F)C(F)(F)C1)[B-](F)(F)F. The Balaban J connectivity index is 2.65. The van der Waals surface area contributed by atoms with Crippen molar-refractivity contribution in [2.45, 2.75) is 11.8 Å². The highest BCUT2D eigenvalue weighted by Crippen LogP contribution is 2.41. The van der Waals surface area contributed by atoms with Crippen molar-refractivity contribution < 1.29 is 30.5 Å². The van der Waals surface area contributed by atoms with E-state index in [2.05, 4.69) is 6.58 Å². The minimum absolute atomic E-state index is 0.359. The van der Waals surface area contributed by atoms with Crippen LogP contribution in [-0.2, 0) is 0 Å². The largest absolute Gasteiger partial charge is 0.506 e. The molecule has 94 valence electrons. The molecule has 0 amide bonds. The zero-order valence-electron chi connectivity index (χ0n) is 8.00. The van der Waals surface area contributed by atoms with Gasteiger partial charge in [-0.1, -0.05) is 0 Å². The van der Waals surface area contributed by atoms with Crippen LogP contribution in [0.15, 0.2) is 12.1 Å². The molecule has 0 aliphatic carbocycles. The molecule has 1 aliphatic heterocycles. The average molecular weight is 250 g/mol. The van der Waals surface area contributed by atoms with Crippen molar-refractivity contribution in [3.8, 4) is 0 Å². The van der Waals surface area contributed by atoms with Gasteiger partial charge in [-0.3, -0.25) is 4.90 Å². The standard InChI is InChI=1S/C7H8BF7N/c1-5(8(13,14)15)2-16-3-6(9,10)7(11,12)4-16/h1-4H2/q-1. The lowest BCUT2D eigenvalue weighted by Crippen LogP contribution is -2.38. The van der Waals surface area contributed by atoms with Gasteiger partial charge >= 0.3 is 18.8 Å². The number of hydrogen-bond acceptors (Lipinski definition) is 1. The summed E-state index contributed by atoms with van der Waals surface area (Å²) in [5.41, 5.74) is -1.26. The Kier molecular flexibility index (Phi) is 3.04. The van der Waals surface area contributed by atoms with Gasteiger partial charge in [0.25, 0.3) is 0 Å². The Hall–Kier alpha value is -0.725. The summed E-state index contributed by atoms with van der Waals surface area (Å²) in [6.45, 7) is -6.50. The monoisotopic (exact) mass is 250 g/mol. The molecule has 0 aromatic carbocycles. The highest BCUT2D eigenvalue weighted by molar-refractivity contribution is 6.66. The van der Waals surface area contributed by atoms with Gasteiger partial charge in [-0.15, -0.1) is 12.1 Å². The lowest BCUT2D eigenvalue weighted by Gasteiger charge is -2.23. The lowest BCUT2D eigenvalue weighted by atomic mass is 9.80. The summed E-state index contributed by atoms with van der Waals surface area (Å²) in [6, 6.07) is 0. The van der Waals surface area contributed by atoms with E-state index in [9.17, 15) is 30.5 Å². The molecule has 1 saturated heterocycles. The smallest absolute Gasteiger partial charge is 0.445 e. The summed E-state index contributed by atoms with van der Waals surface area (Å²) in [6.07, 6.45) is 0. The number of rotatable bonds is 3. The van der Waals surface area contributed by atoms with E-state index in [1.807, 2.05) is 0 Å². The number of hydrogen-bond donors (Lipinski definition) is 0. The van der Waals surface area contributed by atoms with Crippen LogP contribution in [0.3, 0.4) is 0 Å². The second-order valence-electron chi connectivity index (χ2n) is 3.79. The van der Waals surface area contributed by atoms with E-state index in [1.165, 1.54) is 0 Å². The number of likely N-dealkylation sites (tertiary alicyclic amines) is 1. The second-order valence-corrected chi connectivity index (χ2v) is 3.79. The molecular formula is C7H8BF7N-. The van der Waals surface area contributed by atoms with Crippen molar-refractivity contribution in [3.05, 3.63) is 12.1 Å². The van der Waals surface area contributed by atoms with Gasteiger partial charge in [0.05, 0.1) is 13.1 Å². The van der Waals surface area contributed by atoms with Crippen LogP contribution in [0.1, 0.15) is 0 Å². The van der Waals surface area contributed by atoms with E-state index in [-0.39, 0.29) is 0 Å². The van der Waals surface area contributed by atoms with Gasteiger partial charge in [0.15, 0.2) is 0 Å². The quantitative estimate of drug-likeness (QED) is 0.549. The molecule has 9 heteroatoms. The van der Waals surface area contributed by atoms with Crippen LogP contribution >= 0.6 is 0 Å². The van der Waals surface area contributed by atoms with Gasteiger partial charge in [0.2, 0.25) is 0 Å². The molecule has 0 atom stereocenters. The van der Waals surface area contributed by atoms with Gasteiger partial charge in [-0.25, -0.2) is 0 Å². The summed E-state index contributed by atoms with van der Waals surface area (Å²) < 4.78 is 86.6. The highest BCUT2D eigenvalue weighted by atomic mass is 19.4. The van der Waals surface area contributed by atoms with Crippen LogP contribution in [0.4, 0.5) is 30.5 Å². The summed E-state index contributed by atoms with van der Waals surface area (Å²) in [7, 11) is 0. The van der Waals surface area contributed by atoms with Crippen molar-refractivity contribution in [1.82, 2.24) is 4.90 Å². The third-order valence-electron chi connectivity index (χ3n) is 2.27. The maximum Gasteiger partial charge on any atom is 0.506 e. The molecule has 0 unspecified atom stereocenters. The molecule has 1 rings (SSSR count). The van der Waals surface area contributed by atoms with E-state index in [0.29, 0.717) is 4.90 Å². The fourth-order valence-corrected chi connectivity index (χ4v) is 1.35. The molecule has 0 radical (unpaired) electrons. The molecule has 16 heavy (non-hydrogen) atoms. The molecule has 1 heterocycles. The fourth-order valence-electron chi connectivity index (χ4n) is 1.35. The Labute approximate surface area is 87.0 Å². The van der Waals surface area contributed by atoms with Crippen LogP contribution in [0.5, 0.6) is 0 Å². The Bertz CT molecular complexity index is 282. The molecule has 1 fully saturated rings. The average Bonchev–Trinajstić information content (AvgIpc) is 2.17. The maximum atomic E-state index is 12.6. The summed E-state index contributed by atoms with van der Waals surface area (Å²) in [4.78, 5) is 0.359. The van der Waals surface area contributed by atoms with Gasteiger partial charge in [-0.2, -0.15) is 17.6 Å². The number of alkyl halides is 4. The van der Waals surface area contributed by atoms with Gasteiger partial charge < -0.3 is 12.9 Å². The molecule has 0 spiro atoms. The number of halogens is 7. The molecule has 0 saturated carbocycles. The van der Waals surface area contributed by atoms with Crippen LogP contribution in [0, 0.1) is 0 Å². The first kappa shape index (κ1) is 13.3. The first-order valence-corrected chi connectivity index (χ1v) is 4.31. The molecule has 0 bridgehead atoms. The van der Waals surface area contributed by atoms with Crippen molar-refractivity contribution in [3.63, 3.8) is 0 Å². The number of nitrogens with zero attached hydrogens (tertiary/aromatic N) is 1. The zero-order valence-corrected chi connectivity index (χ0v) is 8.00. The lowest BCUT2D eigenvalue weighted by molar-refractivity contribution is -0.172. The molecule has 0 N–H and O–H groups in total. The molecular weight excluding hydrogens is 242 g/mol. The van der Waals surface area contributed by atoms with Crippen LogP contribution < -0.4 is 0 Å². The van der Waals surface area contributed by atoms with E-state index in [0.717, 1.165) is 0 Å². The maximum absolute atomic E-state index is 12.6. The molecule has 1 aliphatic rings. The Morgan fingerprint density at radius 3 is 1.75 bits per heavy atom. The normalized spacial score (nSPS) is 24.7. The Morgan fingerprint density at radius 1 is 1.06 bits per heavy atom. The second kappa shape index (κ2) is 3.64. The van der Waals surface area contributed by atoms with Gasteiger partial charge in [-0.05, 0) is 6.54 Å². The van der Waals surface area contributed by atoms with Crippen LogP contribution in [0.25, 0.3) is 0 Å². The van der Waals surface area contributed by atoms with Crippen LogP contribution in [0.2, 0.25) is 0 Å². The zero-order chi connectivity index (χ0) is 12.8. The topological polar surface area (TPSA) is 3.24 Å².